The first-order chi connectivity index (χ1) is 13.4. The molecule has 0 aliphatic heterocycles. The van der Waals surface area contributed by atoms with Crippen LogP contribution in [0.2, 0.25) is 10.0 Å². The molecular formula is C19H12BrCl2FN4O. The molecule has 0 atom stereocenters. The van der Waals surface area contributed by atoms with E-state index in [1.54, 1.807) is 36.4 Å². The second-order valence-electron chi connectivity index (χ2n) is 5.53. The molecule has 5 nitrogen and oxygen atoms in total. The van der Waals surface area contributed by atoms with Gasteiger partial charge in [-0.1, -0.05) is 45.2 Å². The van der Waals surface area contributed by atoms with Crippen molar-refractivity contribution in [1.82, 2.24) is 9.97 Å². The Kier molecular flexibility index (Phi) is 6.61. The number of rotatable bonds is 5. The minimum Gasteiger partial charge on any atom is -0.339 e. The minimum absolute atomic E-state index is 0.301. The van der Waals surface area contributed by atoms with Crippen molar-refractivity contribution in [2.24, 2.45) is 0 Å². The Labute approximate surface area is 178 Å². The molecule has 0 aliphatic carbocycles. The van der Waals surface area contributed by atoms with E-state index in [4.69, 9.17) is 23.2 Å². The van der Waals surface area contributed by atoms with E-state index in [1.807, 2.05) is 0 Å². The van der Waals surface area contributed by atoms with Crippen LogP contribution in [0.3, 0.4) is 0 Å². The molecular weight excluding hydrogens is 470 g/mol. The summed E-state index contributed by atoms with van der Waals surface area (Å²) < 4.78 is 13.7. The number of nitrogens with one attached hydrogen (secondary N) is 2. The van der Waals surface area contributed by atoms with Crippen LogP contribution in [-0.2, 0) is 4.79 Å². The molecule has 9 heteroatoms. The van der Waals surface area contributed by atoms with Crippen LogP contribution in [0, 0.1) is 5.82 Å². The highest BCUT2D eigenvalue weighted by atomic mass is 79.9. The topological polar surface area (TPSA) is 66.9 Å². The first kappa shape index (κ1) is 20.3. The van der Waals surface area contributed by atoms with Crippen LogP contribution in [0.5, 0.6) is 0 Å². The Hall–Kier alpha value is -2.48. The second kappa shape index (κ2) is 9.14. The molecule has 0 saturated carbocycles. The number of benzene rings is 2. The zero-order valence-corrected chi connectivity index (χ0v) is 17.2. The number of carbonyl (C=O) groups excluding carboxylic acids is 1. The van der Waals surface area contributed by atoms with Crippen molar-refractivity contribution in [2.75, 3.05) is 10.6 Å². The molecule has 28 heavy (non-hydrogen) atoms. The van der Waals surface area contributed by atoms with E-state index in [2.05, 4.69) is 36.5 Å². The lowest BCUT2D eigenvalue weighted by Gasteiger charge is -2.09. The van der Waals surface area contributed by atoms with Gasteiger partial charge in [-0.3, -0.25) is 4.79 Å². The van der Waals surface area contributed by atoms with E-state index in [1.165, 1.54) is 24.5 Å². The molecule has 1 amide bonds. The zero-order chi connectivity index (χ0) is 20.1. The molecule has 0 bridgehead atoms. The predicted octanol–water partition coefficient (Wildman–Crippen LogP) is 6.08. The van der Waals surface area contributed by atoms with Crippen LogP contribution >= 0.6 is 39.1 Å². The summed E-state index contributed by atoms with van der Waals surface area (Å²) in [6, 6.07) is 10.8. The average molecular weight is 482 g/mol. The van der Waals surface area contributed by atoms with Crippen molar-refractivity contribution in [3.63, 3.8) is 0 Å². The molecule has 142 valence electrons. The number of hydrogen-bond donors (Lipinski definition) is 2. The van der Waals surface area contributed by atoms with Crippen molar-refractivity contribution in [3.8, 4) is 0 Å². The number of nitrogens with zero attached hydrogens (tertiary/aromatic N) is 2. The molecule has 0 fully saturated rings. The lowest BCUT2D eigenvalue weighted by Crippen LogP contribution is -2.10. The lowest BCUT2D eigenvalue weighted by molar-refractivity contribution is -0.111. The fourth-order valence-electron chi connectivity index (χ4n) is 2.19. The van der Waals surface area contributed by atoms with Gasteiger partial charge in [0.05, 0.1) is 10.7 Å². The number of amides is 1. The lowest BCUT2D eigenvalue weighted by atomic mass is 10.2. The van der Waals surface area contributed by atoms with E-state index < -0.39 is 5.91 Å². The van der Waals surface area contributed by atoms with Crippen molar-refractivity contribution in [2.45, 2.75) is 0 Å². The molecule has 3 aromatic rings. The predicted molar refractivity (Wildman–Crippen MR) is 114 cm³/mol. The van der Waals surface area contributed by atoms with Gasteiger partial charge in [0, 0.05) is 21.6 Å². The van der Waals surface area contributed by atoms with E-state index in [0.29, 0.717) is 37.4 Å². The van der Waals surface area contributed by atoms with Crippen molar-refractivity contribution in [3.05, 3.63) is 80.8 Å². The van der Waals surface area contributed by atoms with Gasteiger partial charge >= 0.3 is 0 Å². The summed E-state index contributed by atoms with van der Waals surface area (Å²) in [5, 5.41) is 6.62. The van der Waals surface area contributed by atoms with Gasteiger partial charge in [-0.2, -0.15) is 0 Å². The third kappa shape index (κ3) is 5.51. The monoisotopic (exact) mass is 480 g/mol. The smallest absolute Gasteiger partial charge is 0.249 e. The second-order valence-corrected chi connectivity index (χ2v) is 7.22. The molecule has 0 spiro atoms. The standard InChI is InChI=1S/C19H12BrCl2FN4O/c20-14-8-13(23)4-1-11(14)2-6-19(28)27-18-9-17(24-10-25-18)26-16-5-3-12(21)7-15(16)22/h1-10H,(H2,24,25,26,27,28)/b6-2+. The Bertz CT molecular complexity index is 1060. The first-order valence-corrected chi connectivity index (χ1v) is 9.44. The maximum atomic E-state index is 13.1. The van der Waals surface area contributed by atoms with Gasteiger partial charge in [-0.25, -0.2) is 14.4 Å². The van der Waals surface area contributed by atoms with Crippen LogP contribution in [0.25, 0.3) is 6.08 Å². The van der Waals surface area contributed by atoms with Gasteiger partial charge in [0.2, 0.25) is 5.91 Å². The number of anilines is 3. The molecule has 1 aromatic heterocycles. The fraction of sp³-hybridized carbons (Fsp3) is 0. The highest BCUT2D eigenvalue weighted by Gasteiger charge is 2.06. The molecule has 0 saturated heterocycles. The molecule has 1 heterocycles. The van der Waals surface area contributed by atoms with Gasteiger partial charge in [-0.15, -0.1) is 0 Å². The fourth-order valence-corrected chi connectivity index (χ4v) is 3.13. The number of halogens is 4. The Balaban J connectivity index is 1.68. The van der Waals surface area contributed by atoms with Crippen molar-refractivity contribution < 1.29 is 9.18 Å². The summed E-state index contributed by atoms with van der Waals surface area (Å²) in [6.45, 7) is 0. The summed E-state index contributed by atoms with van der Waals surface area (Å²) in [6.07, 6.45) is 4.19. The normalized spacial score (nSPS) is 10.9. The highest BCUT2D eigenvalue weighted by Crippen LogP contribution is 2.28. The van der Waals surface area contributed by atoms with Crippen molar-refractivity contribution in [1.29, 1.82) is 0 Å². The minimum atomic E-state index is -0.398. The van der Waals surface area contributed by atoms with Crippen LogP contribution in [0.1, 0.15) is 5.56 Å². The number of carbonyl (C=O) groups is 1. The van der Waals surface area contributed by atoms with E-state index in [9.17, 15) is 9.18 Å². The van der Waals surface area contributed by atoms with Crippen LogP contribution in [-0.4, -0.2) is 15.9 Å². The zero-order valence-electron chi connectivity index (χ0n) is 14.1. The maximum Gasteiger partial charge on any atom is 0.249 e. The number of aromatic nitrogens is 2. The first-order valence-electron chi connectivity index (χ1n) is 7.89. The van der Waals surface area contributed by atoms with Gasteiger partial charge < -0.3 is 10.6 Å². The molecule has 0 unspecified atom stereocenters. The van der Waals surface area contributed by atoms with Gasteiger partial charge in [-0.05, 0) is 42.0 Å². The Morgan fingerprint density at radius 2 is 1.86 bits per heavy atom. The highest BCUT2D eigenvalue weighted by molar-refractivity contribution is 9.10. The molecule has 2 N–H and O–H groups in total. The maximum absolute atomic E-state index is 13.1. The summed E-state index contributed by atoms with van der Waals surface area (Å²) in [5.74, 6) is -0.0177. The van der Waals surface area contributed by atoms with Gasteiger partial charge in [0.15, 0.2) is 0 Å². The van der Waals surface area contributed by atoms with Crippen LogP contribution < -0.4 is 10.6 Å². The summed E-state index contributed by atoms with van der Waals surface area (Å²) in [7, 11) is 0. The third-order valence-corrected chi connectivity index (χ3v) is 4.72. The quantitative estimate of drug-likeness (QED) is 0.433. The SMILES string of the molecule is O=C(/C=C/c1ccc(F)cc1Br)Nc1cc(Nc2ccc(Cl)cc2Cl)ncn1. The van der Waals surface area contributed by atoms with Crippen LogP contribution in [0.4, 0.5) is 21.7 Å². The molecule has 0 radical (unpaired) electrons. The summed E-state index contributed by atoms with van der Waals surface area (Å²) >= 11 is 15.3. The summed E-state index contributed by atoms with van der Waals surface area (Å²) in [5.41, 5.74) is 1.28. The Morgan fingerprint density at radius 1 is 1.07 bits per heavy atom. The number of hydrogen-bond acceptors (Lipinski definition) is 4. The Morgan fingerprint density at radius 3 is 2.61 bits per heavy atom. The van der Waals surface area contributed by atoms with Gasteiger partial charge in [0.1, 0.15) is 23.8 Å². The van der Waals surface area contributed by atoms with E-state index >= 15 is 0 Å². The molecule has 0 aliphatic rings. The molecule has 2 aromatic carbocycles. The molecule has 3 rings (SSSR count). The van der Waals surface area contributed by atoms with Crippen molar-refractivity contribution >= 4 is 68.4 Å². The van der Waals surface area contributed by atoms with E-state index in [0.717, 1.165) is 0 Å². The average Bonchev–Trinajstić information content (AvgIpc) is 2.64. The third-order valence-electron chi connectivity index (χ3n) is 3.49. The van der Waals surface area contributed by atoms with Gasteiger partial charge in [0.25, 0.3) is 0 Å². The van der Waals surface area contributed by atoms with E-state index in [-0.39, 0.29) is 5.82 Å². The summed E-state index contributed by atoms with van der Waals surface area (Å²) in [4.78, 5) is 20.2. The van der Waals surface area contributed by atoms with Crippen LogP contribution in [0.15, 0.2) is 59.3 Å². The largest absolute Gasteiger partial charge is 0.339 e.